The molecule has 0 aromatic carbocycles. The second kappa shape index (κ2) is 5.42. The zero-order chi connectivity index (χ0) is 13.2. The van der Waals surface area contributed by atoms with Gasteiger partial charge in [0.2, 0.25) is 0 Å². The van der Waals surface area contributed by atoms with Crippen molar-refractivity contribution in [2.75, 3.05) is 26.2 Å². The van der Waals surface area contributed by atoms with Crippen LogP contribution in [0.2, 0.25) is 0 Å². The van der Waals surface area contributed by atoms with Crippen LogP contribution in [0, 0.1) is 0 Å². The molecule has 0 bridgehead atoms. The number of hydrogen-bond donors (Lipinski definition) is 1. The molecule has 0 aliphatic carbocycles. The van der Waals surface area contributed by atoms with E-state index in [-0.39, 0.29) is 12.6 Å². The molecule has 106 valence electrons. The molecule has 2 aliphatic rings. The molecule has 2 heterocycles. The summed E-state index contributed by atoms with van der Waals surface area (Å²) in [5.74, 6) is -0.610. The predicted molar refractivity (Wildman–Crippen MR) is 67.3 cm³/mol. The van der Waals surface area contributed by atoms with Crippen molar-refractivity contribution in [2.24, 2.45) is 0 Å². The lowest BCUT2D eigenvalue weighted by Gasteiger charge is -2.26. The van der Waals surface area contributed by atoms with Gasteiger partial charge in [0, 0.05) is 19.6 Å². The molecule has 1 N–H and O–H groups in total. The summed E-state index contributed by atoms with van der Waals surface area (Å²) in [6, 6.07) is 0. The van der Waals surface area contributed by atoms with Crippen LogP contribution in [-0.2, 0) is 19.7 Å². The third-order valence-electron chi connectivity index (χ3n) is 3.22. The summed E-state index contributed by atoms with van der Waals surface area (Å²) >= 11 is 0. The molecule has 0 radical (unpaired) electrons. The van der Waals surface area contributed by atoms with Gasteiger partial charge in [0.15, 0.2) is 5.79 Å². The quantitative estimate of drug-likeness (QED) is 0.811. The van der Waals surface area contributed by atoms with E-state index < -0.39 is 16.0 Å². The Bertz CT molecular complexity index is 377. The molecule has 6 nitrogen and oxygen atoms in total. The first-order valence-electron chi connectivity index (χ1n) is 6.46. The maximum absolute atomic E-state index is 12.0. The van der Waals surface area contributed by atoms with Crippen LogP contribution >= 0.6 is 0 Å². The smallest absolute Gasteiger partial charge is 0.279 e. The minimum absolute atomic E-state index is 0.209. The Morgan fingerprint density at radius 1 is 1.28 bits per heavy atom. The van der Waals surface area contributed by atoms with Crippen molar-refractivity contribution in [1.82, 2.24) is 9.03 Å². The highest BCUT2D eigenvalue weighted by Gasteiger charge is 2.34. The van der Waals surface area contributed by atoms with Gasteiger partial charge >= 0.3 is 0 Å². The Balaban J connectivity index is 1.82. The fourth-order valence-electron chi connectivity index (χ4n) is 2.26. The molecule has 2 fully saturated rings. The van der Waals surface area contributed by atoms with Crippen LogP contribution in [0.5, 0.6) is 0 Å². The van der Waals surface area contributed by atoms with Gasteiger partial charge in [-0.05, 0) is 26.7 Å². The molecule has 1 atom stereocenters. The molecule has 0 saturated carbocycles. The zero-order valence-corrected chi connectivity index (χ0v) is 11.8. The third-order valence-corrected chi connectivity index (χ3v) is 4.79. The maximum Gasteiger partial charge on any atom is 0.279 e. The van der Waals surface area contributed by atoms with Crippen LogP contribution in [0.1, 0.15) is 33.1 Å². The van der Waals surface area contributed by atoms with Crippen LogP contribution < -0.4 is 4.72 Å². The summed E-state index contributed by atoms with van der Waals surface area (Å²) in [6.07, 6.45) is 2.79. The number of nitrogens with zero attached hydrogens (tertiary/aromatic N) is 1. The first-order valence-corrected chi connectivity index (χ1v) is 7.90. The average Bonchev–Trinajstić information content (AvgIpc) is 2.68. The Labute approximate surface area is 109 Å². The zero-order valence-electron chi connectivity index (χ0n) is 11.0. The van der Waals surface area contributed by atoms with E-state index in [1.807, 2.05) is 13.8 Å². The minimum Gasteiger partial charge on any atom is -0.348 e. The van der Waals surface area contributed by atoms with E-state index in [0.29, 0.717) is 19.7 Å². The molecule has 0 amide bonds. The lowest BCUT2D eigenvalue weighted by Crippen LogP contribution is -2.46. The Morgan fingerprint density at radius 2 is 1.94 bits per heavy atom. The largest absolute Gasteiger partial charge is 0.348 e. The number of ether oxygens (including phenoxy) is 2. The van der Waals surface area contributed by atoms with Gasteiger partial charge in [-0.2, -0.15) is 17.4 Å². The lowest BCUT2D eigenvalue weighted by atomic mass is 10.2. The molecule has 0 aromatic rings. The second-order valence-electron chi connectivity index (χ2n) is 5.26. The summed E-state index contributed by atoms with van der Waals surface area (Å²) in [7, 11) is -3.36. The summed E-state index contributed by atoms with van der Waals surface area (Å²) in [4.78, 5) is 0. The highest BCUT2D eigenvalue weighted by atomic mass is 32.2. The minimum atomic E-state index is -3.36. The Kier molecular flexibility index (Phi) is 4.28. The predicted octanol–water partition coefficient (Wildman–Crippen LogP) is 0.458. The van der Waals surface area contributed by atoms with E-state index in [9.17, 15) is 8.42 Å². The number of piperidine rings is 1. The van der Waals surface area contributed by atoms with Crippen LogP contribution in [0.3, 0.4) is 0 Å². The van der Waals surface area contributed by atoms with Gasteiger partial charge in [-0.1, -0.05) is 6.42 Å². The Hall–Kier alpha value is -0.210. The van der Waals surface area contributed by atoms with Crippen LogP contribution in [0.15, 0.2) is 0 Å². The van der Waals surface area contributed by atoms with Crippen molar-refractivity contribution in [1.29, 1.82) is 0 Å². The summed E-state index contributed by atoms with van der Waals surface area (Å²) < 4.78 is 39.1. The maximum atomic E-state index is 12.0. The van der Waals surface area contributed by atoms with E-state index >= 15 is 0 Å². The van der Waals surface area contributed by atoms with Crippen molar-refractivity contribution in [3.8, 4) is 0 Å². The molecule has 2 saturated heterocycles. The first kappa shape index (κ1) is 14.2. The molecule has 18 heavy (non-hydrogen) atoms. The van der Waals surface area contributed by atoms with Gasteiger partial charge in [-0.25, -0.2) is 0 Å². The summed E-state index contributed by atoms with van der Waals surface area (Å²) in [6.45, 7) is 5.57. The van der Waals surface area contributed by atoms with Crippen LogP contribution in [-0.4, -0.2) is 50.9 Å². The molecule has 0 aromatic heterocycles. The van der Waals surface area contributed by atoms with E-state index in [4.69, 9.17) is 9.47 Å². The molecular formula is C11H22N2O4S. The number of hydrogen-bond acceptors (Lipinski definition) is 4. The van der Waals surface area contributed by atoms with Gasteiger partial charge in [0.1, 0.15) is 0 Å². The van der Waals surface area contributed by atoms with Crippen molar-refractivity contribution in [2.45, 2.75) is 45.0 Å². The third kappa shape index (κ3) is 3.64. The van der Waals surface area contributed by atoms with Gasteiger partial charge < -0.3 is 9.47 Å². The Morgan fingerprint density at radius 3 is 2.50 bits per heavy atom. The summed E-state index contributed by atoms with van der Waals surface area (Å²) in [5.41, 5.74) is 0. The van der Waals surface area contributed by atoms with Crippen molar-refractivity contribution in [3.63, 3.8) is 0 Å². The average molecular weight is 278 g/mol. The van der Waals surface area contributed by atoms with E-state index in [2.05, 4.69) is 4.72 Å². The molecule has 0 spiro atoms. The molecule has 1 unspecified atom stereocenters. The number of nitrogens with one attached hydrogen (secondary N) is 1. The van der Waals surface area contributed by atoms with Gasteiger partial charge in [-0.3, -0.25) is 0 Å². The second-order valence-corrected chi connectivity index (χ2v) is 7.02. The normalized spacial score (nSPS) is 29.6. The van der Waals surface area contributed by atoms with Crippen molar-refractivity contribution < 1.29 is 17.9 Å². The van der Waals surface area contributed by atoms with Gasteiger partial charge in [-0.15, -0.1) is 0 Å². The van der Waals surface area contributed by atoms with E-state index in [1.54, 1.807) is 0 Å². The highest BCUT2D eigenvalue weighted by Crippen LogP contribution is 2.22. The molecule has 7 heteroatoms. The molecular weight excluding hydrogens is 256 g/mol. The monoisotopic (exact) mass is 278 g/mol. The van der Waals surface area contributed by atoms with Crippen molar-refractivity contribution in [3.05, 3.63) is 0 Å². The fraction of sp³-hybridized carbons (Fsp3) is 1.00. The molecule has 2 aliphatic heterocycles. The number of rotatable bonds is 4. The topological polar surface area (TPSA) is 67.9 Å². The van der Waals surface area contributed by atoms with Crippen LogP contribution in [0.4, 0.5) is 0 Å². The van der Waals surface area contributed by atoms with Crippen LogP contribution in [0.25, 0.3) is 0 Å². The van der Waals surface area contributed by atoms with Crippen molar-refractivity contribution >= 4 is 10.2 Å². The highest BCUT2D eigenvalue weighted by molar-refractivity contribution is 7.87. The lowest BCUT2D eigenvalue weighted by molar-refractivity contribution is -0.137. The summed E-state index contributed by atoms with van der Waals surface area (Å²) in [5, 5.41) is 0. The first-order chi connectivity index (χ1) is 8.39. The fourth-order valence-corrected chi connectivity index (χ4v) is 3.58. The van der Waals surface area contributed by atoms with E-state index in [1.165, 1.54) is 4.31 Å². The SMILES string of the molecule is CC1(C)OCC(CNS(=O)(=O)N2CCCCC2)O1. The van der Waals surface area contributed by atoms with E-state index in [0.717, 1.165) is 19.3 Å². The molecule has 2 rings (SSSR count). The van der Waals surface area contributed by atoms with Gasteiger partial charge in [0.05, 0.1) is 12.7 Å². The van der Waals surface area contributed by atoms with Gasteiger partial charge in [0.25, 0.3) is 10.2 Å². The standard InChI is InChI=1S/C11H22N2O4S/c1-11(2)16-9-10(17-11)8-12-18(14,15)13-6-4-3-5-7-13/h10,12H,3-9H2,1-2H3.